The summed E-state index contributed by atoms with van der Waals surface area (Å²) in [5.74, 6) is 1.44. The predicted octanol–water partition coefficient (Wildman–Crippen LogP) is 2.04. The zero-order valence-electron chi connectivity index (χ0n) is 12.6. The molecule has 0 radical (unpaired) electrons. The second kappa shape index (κ2) is 8.64. The molecule has 0 bridgehead atoms. The molecule has 5 nitrogen and oxygen atoms in total. The van der Waals surface area contributed by atoms with Crippen LogP contribution in [0.4, 0.5) is 5.69 Å². The molecule has 1 aliphatic rings. The Labute approximate surface area is 126 Å². The van der Waals surface area contributed by atoms with Crippen molar-refractivity contribution in [3.05, 3.63) is 24.3 Å². The number of rotatable bonds is 8. The molecule has 1 aliphatic heterocycles. The third-order valence-electron chi connectivity index (χ3n) is 3.62. The van der Waals surface area contributed by atoms with Gasteiger partial charge in [-0.15, -0.1) is 0 Å². The molecule has 21 heavy (non-hydrogen) atoms. The largest absolute Gasteiger partial charge is 0.491 e. The van der Waals surface area contributed by atoms with Crippen LogP contribution in [0.5, 0.6) is 5.75 Å². The van der Waals surface area contributed by atoms with Crippen LogP contribution in [0.3, 0.4) is 0 Å². The van der Waals surface area contributed by atoms with Gasteiger partial charge in [0.1, 0.15) is 12.4 Å². The van der Waals surface area contributed by atoms with E-state index >= 15 is 0 Å². The van der Waals surface area contributed by atoms with E-state index < -0.39 is 0 Å². The molecule has 1 heterocycles. The van der Waals surface area contributed by atoms with Crippen LogP contribution in [0.25, 0.3) is 0 Å². The van der Waals surface area contributed by atoms with Crippen LogP contribution in [0.2, 0.25) is 0 Å². The molecule has 2 N–H and O–H groups in total. The first kappa shape index (κ1) is 15.8. The van der Waals surface area contributed by atoms with E-state index in [0.29, 0.717) is 25.6 Å². The van der Waals surface area contributed by atoms with Crippen molar-refractivity contribution in [3.8, 4) is 5.75 Å². The monoisotopic (exact) mass is 292 g/mol. The van der Waals surface area contributed by atoms with Gasteiger partial charge >= 0.3 is 0 Å². The summed E-state index contributed by atoms with van der Waals surface area (Å²) in [6.07, 6.45) is 2.69. The number of carbonyl (C=O) groups is 1. The van der Waals surface area contributed by atoms with Gasteiger partial charge in [-0.2, -0.15) is 0 Å². The molecule has 5 heteroatoms. The Kier molecular flexibility index (Phi) is 6.50. The normalized spacial score (nSPS) is 17.7. The van der Waals surface area contributed by atoms with Crippen molar-refractivity contribution in [2.24, 2.45) is 5.92 Å². The van der Waals surface area contributed by atoms with E-state index in [-0.39, 0.29) is 5.91 Å². The lowest BCUT2D eigenvalue weighted by Gasteiger charge is -2.10. The number of carbonyl (C=O) groups excluding carboxylic acids is 1. The van der Waals surface area contributed by atoms with Crippen LogP contribution >= 0.6 is 0 Å². The molecule has 116 valence electrons. The van der Waals surface area contributed by atoms with Crippen LogP contribution in [0, 0.1) is 5.92 Å². The summed E-state index contributed by atoms with van der Waals surface area (Å²) in [6.45, 7) is 3.16. The van der Waals surface area contributed by atoms with E-state index in [4.69, 9.17) is 9.47 Å². The Balaban J connectivity index is 1.75. The van der Waals surface area contributed by atoms with Crippen molar-refractivity contribution in [2.75, 3.05) is 38.7 Å². The third kappa shape index (κ3) is 5.73. The topological polar surface area (TPSA) is 59.6 Å². The first-order valence-electron chi connectivity index (χ1n) is 7.50. The first-order chi connectivity index (χ1) is 10.3. The van der Waals surface area contributed by atoms with Gasteiger partial charge < -0.3 is 20.1 Å². The molecule has 0 aromatic heterocycles. The molecule has 1 amide bonds. The van der Waals surface area contributed by atoms with E-state index in [1.807, 2.05) is 24.3 Å². The quantitative estimate of drug-likeness (QED) is 0.720. The van der Waals surface area contributed by atoms with Gasteiger partial charge in [-0.25, -0.2) is 0 Å². The summed E-state index contributed by atoms with van der Waals surface area (Å²) in [6, 6.07) is 7.46. The fourth-order valence-corrected chi connectivity index (χ4v) is 2.43. The molecule has 1 fully saturated rings. The predicted molar refractivity (Wildman–Crippen MR) is 82.7 cm³/mol. The number of hydrogen-bond acceptors (Lipinski definition) is 4. The van der Waals surface area contributed by atoms with Gasteiger partial charge in [0.15, 0.2) is 0 Å². The highest BCUT2D eigenvalue weighted by atomic mass is 16.5. The van der Waals surface area contributed by atoms with Crippen molar-refractivity contribution in [3.63, 3.8) is 0 Å². The molecule has 0 spiro atoms. The minimum Gasteiger partial charge on any atom is -0.491 e. The Morgan fingerprint density at radius 1 is 1.43 bits per heavy atom. The average Bonchev–Trinajstić information content (AvgIpc) is 2.99. The molecule has 1 unspecified atom stereocenters. The zero-order chi connectivity index (χ0) is 14.9. The molecule has 1 aromatic rings. The summed E-state index contributed by atoms with van der Waals surface area (Å²) in [5.41, 5.74) is 0.777. The van der Waals surface area contributed by atoms with Gasteiger partial charge in [-0.05, 0) is 44.0 Å². The summed E-state index contributed by atoms with van der Waals surface area (Å²) >= 11 is 0. The number of amides is 1. The van der Waals surface area contributed by atoms with Crippen molar-refractivity contribution in [1.82, 2.24) is 5.32 Å². The zero-order valence-corrected chi connectivity index (χ0v) is 12.6. The fraction of sp³-hybridized carbons (Fsp3) is 0.562. The molecule has 0 saturated carbocycles. The number of methoxy groups -OCH3 is 1. The van der Waals surface area contributed by atoms with E-state index in [0.717, 1.165) is 30.9 Å². The maximum Gasteiger partial charge on any atom is 0.224 e. The maximum absolute atomic E-state index is 11.9. The Bertz CT molecular complexity index is 445. The average molecular weight is 292 g/mol. The maximum atomic E-state index is 11.9. The number of benzene rings is 1. The smallest absolute Gasteiger partial charge is 0.224 e. The molecule has 2 rings (SSSR count). The lowest BCUT2D eigenvalue weighted by Crippen LogP contribution is -2.15. The minimum atomic E-state index is 0.0657. The van der Waals surface area contributed by atoms with E-state index in [1.165, 1.54) is 6.42 Å². The molecule has 1 atom stereocenters. The van der Waals surface area contributed by atoms with E-state index in [2.05, 4.69) is 10.6 Å². The van der Waals surface area contributed by atoms with Gasteiger partial charge in [-0.3, -0.25) is 4.79 Å². The van der Waals surface area contributed by atoms with Gasteiger partial charge in [0, 0.05) is 25.3 Å². The highest BCUT2D eigenvalue weighted by Gasteiger charge is 2.15. The Hall–Kier alpha value is -1.59. The Morgan fingerprint density at radius 2 is 2.33 bits per heavy atom. The number of ether oxygens (including phenoxy) is 2. The van der Waals surface area contributed by atoms with Crippen molar-refractivity contribution in [2.45, 2.75) is 19.3 Å². The highest BCUT2D eigenvalue weighted by Crippen LogP contribution is 2.19. The van der Waals surface area contributed by atoms with Gasteiger partial charge in [0.05, 0.1) is 6.61 Å². The second-order valence-corrected chi connectivity index (χ2v) is 5.31. The third-order valence-corrected chi connectivity index (χ3v) is 3.62. The highest BCUT2D eigenvalue weighted by molar-refractivity contribution is 5.90. The number of hydrogen-bond donors (Lipinski definition) is 2. The SMILES string of the molecule is COCCOc1cccc(NC(=O)CCC2CCNC2)c1. The standard InChI is InChI=1S/C16H24N2O3/c1-20-9-10-21-15-4-2-3-14(11-15)18-16(19)6-5-13-7-8-17-12-13/h2-4,11,13,17H,5-10,12H2,1H3,(H,18,19). The van der Waals surface area contributed by atoms with Crippen LogP contribution < -0.4 is 15.4 Å². The number of nitrogens with one attached hydrogen (secondary N) is 2. The lowest BCUT2D eigenvalue weighted by molar-refractivity contribution is -0.116. The van der Waals surface area contributed by atoms with Crippen molar-refractivity contribution < 1.29 is 14.3 Å². The van der Waals surface area contributed by atoms with Gasteiger partial charge in [-0.1, -0.05) is 6.07 Å². The summed E-state index contributed by atoms with van der Waals surface area (Å²) in [7, 11) is 1.64. The lowest BCUT2D eigenvalue weighted by atomic mass is 10.0. The fourth-order valence-electron chi connectivity index (χ4n) is 2.43. The first-order valence-corrected chi connectivity index (χ1v) is 7.50. The van der Waals surface area contributed by atoms with Crippen molar-refractivity contribution >= 4 is 11.6 Å². The Morgan fingerprint density at radius 3 is 3.10 bits per heavy atom. The molecule has 0 aliphatic carbocycles. The van der Waals surface area contributed by atoms with Gasteiger partial charge in [0.25, 0.3) is 0 Å². The molecule has 1 saturated heterocycles. The second-order valence-electron chi connectivity index (χ2n) is 5.31. The van der Waals surface area contributed by atoms with Crippen LogP contribution in [-0.4, -0.2) is 39.3 Å². The number of anilines is 1. The minimum absolute atomic E-state index is 0.0657. The summed E-state index contributed by atoms with van der Waals surface area (Å²) in [5, 5.41) is 6.25. The van der Waals surface area contributed by atoms with E-state index in [9.17, 15) is 4.79 Å². The summed E-state index contributed by atoms with van der Waals surface area (Å²) in [4.78, 5) is 11.9. The van der Waals surface area contributed by atoms with Crippen LogP contribution in [0.1, 0.15) is 19.3 Å². The molecular weight excluding hydrogens is 268 g/mol. The molecular formula is C16H24N2O3. The van der Waals surface area contributed by atoms with Crippen molar-refractivity contribution in [1.29, 1.82) is 0 Å². The van der Waals surface area contributed by atoms with Gasteiger partial charge in [0.2, 0.25) is 5.91 Å². The summed E-state index contributed by atoms with van der Waals surface area (Å²) < 4.78 is 10.5. The van der Waals surface area contributed by atoms with Crippen LogP contribution in [0.15, 0.2) is 24.3 Å². The molecule has 1 aromatic carbocycles. The van der Waals surface area contributed by atoms with E-state index in [1.54, 1.807) is 7.11 Å². The van der Waals surface area contributed by atoms with Crippen LogP contribution in [-0.2, 0) is 9.53 Å².